The van der Waals surface area contributed by atoms with Crippen LogP contribution in [0.25, 0.3) is 0 Å². The molecule has 0 saturated carbocycles. The molecule has 4 aliphatic rings. The van der Waals surface area contributed by atoms with Crippen molar-refractivity contribution in [3.05, 3.63) is 0 Å². The fourth-order valence-electron chi connectivity index (χ4n) is 4.85. The molecule has 2 unspecified atom stereocenters. The normalized spacial score (nSPS) is 28.8. The topological polar surface area (TPSA) is 72.7 Å². The van der Waals surface area contributed by atoms with Gasteiger partial charge in [0.05, 0.1) is 18.3 Å². The molecular weight excluding hydrogens is 447 g/mol. The first-order valence-electron chi connectivity index (χ1n) is 11.4. The number of halogens is 5. The molecule has 4 aliphatic heterocycles. The predicted octanol–water partition coefficient (Wildman–Crippen LogP) is 3.07. The fourth-order valence-corrected chi connectivity index (χ4v) is 4.85. The first-order valence-corrected chi connectivity index (χ1v) is 11.4. The van der Waals surface area contributed by atoms with Crippen molar-refractivity contribution < 1.29 is 26.7 Å². The van der Waals surface area contributed by atoms with Gasteiger partial charge in [0.1, 0.15) is 6.17 Å². The lowest BCUT2D eigenvalue weighted by Gasteiger charge is -2.35. The number of amides is 1. The van der Waals surface area contributed by atoms with Crippen molar-refractivity contribution in [1.82, 2.24) is 15.1 Å². The summed E-state index contributed by atoms with van der Waals surface area (Å²) in [5, 5.41) is 3.03. The van der Waals surface area contributed by atoms with Crippen LogP contribution >= 0.6 is 0 Å². The summed E-state index contributed by atoms with van der Waals surface area (Å²) in [4.78, 5) is 28.2. The van der Waals surface area contributed by atoms with E-state index in [9.17, 15) is 26.7 Å². The number of hydrogen-bond donors (Lipinski definition) is 1. The number of likely N-dealkylation sites (tertiary alicyclic amines) is 2. The van der Waals surface area contributed by atoms with Crippen molar-refractivity contribution in [2.45, 2.75) is 63.7 Å². The van der Waals surface area contributed by atoms with E-state index >= 15 is 0 Å². The maximum Gasteiger partial charge on any atom is 0.392 e. The van der Waals surface area contributed by atoms with Crippen molar-refractivity contribution in [1.29, 1.82) is 0 Å². The third-order valence-corrected chi connectivity index (χ3v) is 6.80. The van der Waals surface area contributed by atoms with Crippen LogP contribution in [0.1, 0.15) is 45.4 Å². The molecule has 2 atom stereocenters. The van der Waals surface area contributed by atoms with E-state index in [0.29, 0.717) is 32.4 Å². The van der Waals surface area contributed by atoms with E-state index in [2.05, 4.69) is 20.3 Å². The number of aliphatic imine (C=N–C) groups is 3. The Kier molecular flexibility index (Phi) is 6.63. The smallest absolute Gasteiger partial charge is 0.352 e. The van der Waals surface area contributed by atoms with Gasteiger partial charge >= 0.3 is 6.18 Å². The minimum atomic E-state index is -4.29. The Bertz CT molecular complexity index is 847. The highest BCUT2D eigenvalue weighted by Gasteiger charge is 2.43. The second-order valence-electron chi connectivity index (χ2n) is 9.26. The number of nitrogens with zero attached hydrogens (tertiary/aromatic N) is 5. The number of carbonyl (C=O) groups excluding carboxylic acids is 1. The maximum absolute atomic E-state index is 13.8. The number of nitrogens with one attached hydrogen (secondary N) is 1. The summed E-state index contributed by atoms with van der Waals surface area (Å²) in [7, 11) is 0. The molecule has 184 valence electrons. The first kappa shape index (κ1) is 23.9. The molecule has 0 bridgehead atoms. The monoisotopic (exact) mass is 476 g/mol. The third-order valence-electron chi connectivity index (χ3n) is 6.80. The van der Waals surface area contributed by atoms with E-state index in [-0.39, 0.29) is 56.0 Å². The molecule has 7 nitrogen and oxygen atoms in total. The zero-order chi connectivity index (χ0) is 23.8. The van der Waals surface area contributed by atoms with Gasteiger partial charge in [0.15, 0.2) is 0 Å². The number of alkyl halides is 5. The first-order chi connectivity index (χ1) is 15.5. The molecule has 0 radical (unpaired) electrons. The van der Waals surface area contributed by atoms with Crippen LogP contribution in [-0.4, -0.2) is 84.2 Å². The molecule has 2 saturated heterocycles. The van der Waals surface area contributed by atoms with E-state index in [1.165, 1.54) is 11.8 Å². The quantitative estimate of drug-likeness (QED) is 0.623. The minimum Gasteiger partial charge on any atom is -0.352 e. The Morgan fingerprint density at radius 1 is 1.12 bits per heavy atom. The number of rotatable bonds is 2. The lowest BCUT2D eigenvalue weighted by atomic mass is 9.89. The molecule has 4 rings (SSSR count). The number of guanidine groups is 1. The van der Waals surface area contributed by atoms with Crippen molar-refractivity contribution in [3.63, 3.8) is 0 Å². The standard InChI is InChI=1S/C21H29F5N6O/c1-13(33)31-7-3-14(4-8-31)16-11-18(29-17-10-15(2-6-27-17)21(24,25)26)30-19(28-16)32-9-5-20(22,23)12-32/h14-15,18H,2-12H2,1H3,(H,27,29). The zero-order valence-corrected chi connectivity index (χ0v) is 18.5. The zero-order valence-electron chi connectivity index (χ0n) is 18.5. The summed E-state index contributed by atoms with van der Waals surface area (Å²) in [6.45, 7) is 2.43. The van der Waals surface area contributed by atoms with Gasteiger partial charge in [-0.3, -0.25) is 9.79 Å². The summed E-state index contributed by atoms with van der Waals surface area (Å²) in [5.41, 5.74) is 0.791. The number of hydrogen-bond acceptors (Lipinski definition) is 6. The Labute approximate surface area is 189 Å². The van der Waals surface area contributed by atoms with Crippen LogP contribution in [0.5, 0.6) is 0 Å². The molecule has 0 aromatic heterocycles. The Balaban J connectivity index is 1.50. The highest BCUT2D eigenvalue weighted by atomic mass is 19.4. The lowest BCUT2D eigenvalue weighted by Crippen LogP contribution is -2.46. The van der Waals surface area contributed by atoms with Gasteiger partial charge in [-0.15, -0.1) is 0 Å². The second-order valence-corrected chi connectivity index (χ2v) is 9.26. The van der Waals surface area contributed by atoms with Gasteiger partial charge in [-0.1, -0.05) is 0 Å². The highest BCUT2D eigenvalue weighted by molar-refractivity contribution is 6.01. The van der Waals surface area contributed by atoms with E-state index in [1.54, 1.807) is 4.90 Å². The van der Waals surface area contributed by atoms with Gasteiger partial charge in [-0.25, -0.2) is 18.8 Å². The average Bonchev–Trinajstić information content (AvgIpc) is 3.13. The third kappa shape index (κ3) is 5.81. The highest BCUT2D eigenvalue weighted by Crippen LogP contribution is 2.34. The van der Waals surface area contributed by atoms with Crippen molar-refractivity contribution in [2.24, 2.45) is 26.8 Å². The van der Waals surface area contributed by atoms with E-state index in [4.69, 9.17) is 0 Å². The average molecular weight is 476 g/mol. The van der Waals surface area contributed by atoms with Gasteiger partial charge < -0.3 is 15.1 Å². The summed E-state index contributed by atoms with van der Waals surface area (Å²) in [6.07, 6.45) is -3.70. The second kappa shape index (κ2) is 9.17. The van der Waals surface area contributed by atoms with Gasteiger partial charge in [0.25, 0.3) is 5.92 Å². The van der Waals surface area contributed by atoms with Crippen molar-refractivity contribution in [3.8, 4) is 0 Å². The van der Waals surface area contributed by atoms with Gasteiger partial charge in [-0.2, -0.15) is 13.2 Å². The summed E-state index contributed by atoms with van der Waals surface area (Å²) >= 11 is 0. The minimum absolute atomic E-state index is 0.00894. The summed E-state index contributed by atoms with van der Waals surface area (Å²) in [6, 6.07) is 0. The Hall–Kier alpha value is -2.27. The maximum atomic E-state index is 13.8. The van der Waals surface area contributed by atoms with Gasteiger partial charge in [-0.05, 0) is 19.3 Å². The van der Waals surface area contributed by atoms with E-state index in [1.807, 2.05) is 0 Å². The molecule has 0 aromatic carbocycles. The molecule has 4 heterocycles. The molecule has 33 heavy (non-hydrogen) atoms. The predicted molar refractivity (Wildman–Crippen MR) is 114 cm³/mol. The molecule has 0 aliphatic carbocycles. The molecule has 0 spiro atoms. The van der Waals surface area contributed by atoms with Crippen LogP contribution in [-0.2, 0) is 4.79 Å². The van der Waals surface area contributed by atoms with Crippen molar-refractivity contribution >= 4 is 23.4 Å². The van der Waals surface area contributed by atoms with Crippen LogP contribution < -0.4 is 5.32 Å². The fraction of sp³-hybridized carbons (Fsp3) is 0.810. The molecule has 12 heteroatoms. The Morgan fingerprint density at radius 3 is 2.45 bits per heavy atom. The Morgan fingerprint density at radius 2 is 1.85 bits per heavy atom. The number of carbonyl (C=O) groups is 1. The van der Waals surface area contributed by atoms with Gasteiger partial charge in [0, 0.05) is 64.0 Å². The van der Waals surface area contributed by atoms with E-state index < -0.39 is 30.7 Å². The number of amidine groups is 1. The summed E-state index contributed by atoms with van der Waals surface area (Å²) < 4.78 is 67.2. The lowest BCUT2D eigenvalue weighted by molar-refractivity contribution is -0.174. The van der Waals surface area contributed by atoms with Crippen LogP contribution in [0.3, 0.4) is 0 Å². The van der Waals surface area contributed by atoms with Gasteiger partial charge in [0.2, 0.25) is 11.9 Å². The van der Waals surface area contributed by atoms with Crippen molar-refractivity contribution in [2.75, 3.05) is 32.7 Å². The SMILES string of the molecule is CC(=O)N1CCC(C2=NC(N3CCC(F)(F)C3)=NC(NC3=NCCC(C(F)(F)F)C3)C2)CC1. The van der Waals surface area contributed by atoms with Crippen LogP contribution in [0.2, 0.25) is 0 Å². The molecule has 2 fully saturated rings. The van der Waals surface area contributed by atoms with E-state index in [0.717, 1.165) is 5.71 Å². The largest absolute Gasteiger partial charge is 0.392 e. The van der Waals surface area contributed by atoms with Crippen LogP contribution in [0.15, 0.2) is 15.0 Å². The molecule has 0 aromatic rings. The van der Waals surface area contributed by atoms with Crippen LogP contribution in [0, 0.1) is 11.8 Å². The molecule has 1 N–H and O–H groups in total. The number of piperidine rings is 1. The molecular formula is C21H29F5N6O. The molecule has 1 amide bonds. The van der Waals surface area contributed by atoms with Crippen LogP contribution in [0.4, 0.5) is 22.0 Å². The summed E-state index contributed by atoms with van der Waals surface area (Å²) in [5.74, 6) is -3.76.